The summed E-state index contributed by atoms with van der Waals surface area (Å²) in [6, 6.07) is 6.12. The van der Waals surface area contributed by atoms with Crippen molar-refractivity contribution < 1.29 is 4.52 Å². The van der Waals surface area contributed by atoms with Crippen molar-refractivity contribution in [2.75, 3.05) is 19.6 Å². The van der Waals surface area contributed by atoms with Gasteiger partial charge in [0, 0.05) is 36.4 Å². The Balaban J connectivity index is 1.87. The second-order valence-electron chi connectivity index (χ2n) is 5.45. The quantitative estimate of drug-likeness (QED) is 0.700. The summed E-state index contributed by atoms with van der Waals surface area (Å²) in [4.78, 5) is 6.94. The molecule has 0 amide bonds. The summed E-state index contributed by atoms with van der Waals surface area (Å²) in [6.45, 7) is 10.5. The van der Waals surface area contributed by atoms with E-state index in [0.717, 1.165) is 54.2 Å². The molecule has 0 atom stereocenters. The highest BCUT2D eigenvalue weighted by atomic mass is 16.5. The smallest absolute Gasteiger partial charge is 0.167 e. The van der Waals surface area contributed by atoms with E-state index in [0.29, 0.717) is 0 Å². The fraction of sp³-hybridized carbons (Fsp3) is 0.412. The van der Waals surface area contributed by atoms with E-state index in [-0.39, 0.29) is 0 Å². The third-order valence-corrected chi connectivity index (χ3v) is 4.18. The number of aryl methyl sites for hydroxylation is 1. The first-order valence-electron chi connectivity index (χ1n) is 7.82. The van der Waals surface area contributed by atoms with E-state index in [2.05, 4.69) is 39.5 Å². The Hall–Kier alpha value is -2.14. The van der Waals surface area contributed by atoms with E-state index < -0.39 is 0 Å². The van der Waals surface area contributed by atoms with Gasteiger partial charge < -0.3 is 14.0 Å². The third kappa shape index (κ3) is 2.76. The number of nitrogens with zero attached hydrogens (tertiary/aromatic N) is 4. The van der Waals surface area contributed by atoms with Crippen LogP contribution >= 0.6 is 0 Å². The lowest BCUT2D eigenvalue weighted by Gasteiger charge is -2.18. The predicted molar refractivity (Wildman–Crippen MR) is 87.8 cm³/mol. The average Bonchev–Trinajstić information content (AvgIpc) is 3.15. The summed E-state index contributed by atoms with van der Waals surface area (Å²) in [5.74, 6) is 0.995. The summed E-state index contributed by atoms with van der Waals surface area (Å²) in [5.41, 5.74) is 2.84. The minimum absolute atomic E-state index is 0.822. The molecule has 3 aromatic rings. The van der Waals surface area contributed by atoms with Gasteiger partial charge in [-0.15, -0.1) is 0 Å². The molecule has 0 N–H and O–H groups in total. The Kier molecular flexibility index (Phi) is 4.24. The number of likely N-dealkylation sites (N-methyl/N-ethyl adjacent to an activating group) is 1. The first-order chi connectivity index (χ1) is 10.7. The van der Waals surface area contributed by atoms with Gasteiger partial charge in [-0.3, -0.25) is 0 Å². The second-order valence-corrected chi connectivity index (χ2v) is 5.45. The number of rotatable bonds is 6. The van der Waals surface area contributed by atoms with Crippen LogP contribution in [0.4, 0.5) is 0 Å². The lowest BCUT2D eigenvalue weighted by Crippen LogP contribution is -2.27. The van der Waals surface area contributed by atoms with Crippen molar-refractivity contribution in [3.05, 3.63) is 36.3 Å². The van der Waals surface area contributed by atoms with Crippen molar-refractivity contribution in [1.29, 1.82) is 0 Å². The Labute approximate surface area is 130 Å². The van der Waals surface area contributed by atoms with Gasteiger partial charge in [-0.25, -0.2) is 4.98 Å². The van der Waals surface area contributed by atoms with Crippen LogP contribution in [0.25, 0.3) is 22.4 Å². The second kappa shape index (κ2) is 6.32. The fourth-order valence-corrected chi connectivity index (χ4v) is 2.74. The minimum Gasteiger partial charge on any atom is -0.356 e. The molecule has 3 rings (SSSR count). The van der Waals surface area contributed by atoms with Crippen LogP contribution in [0.5, 0.6) is 0 Å². The largest absolute Gasteiger partial charge is 0.356 e. The fourth-order valence-electron chi connectivity index (χ4n) is 2.74. The zero-order valence-electron chi connectivity index (χ0n) is 13.4. The van der Waals surface area contributed by atoms with Crippen LogP contribution in [0.15, 0.2) is 35.1 Å². The van der Waals surface area contributed by atoms with Crippen LogP contribution in [0, 0.1) is 6.92 Å². The maximum atomic E-state index is 5.28. The van der Waals surface area contributed by atoms with Gasteiger partial charge in [-0.05, 0) is 38.2 Å². The van der Waals surface area contributed by atoms with E-state index in [9.17, 15) is 0 Å². The molecule has 2 heterocycles. The predicted octanol–water partition coefficient (Wildman–Crippen LogP) is 3.34. The van der Waals surface area contributed by atoms with Crippen LogP contribution in [-0.4, -0.2) is 39.2 Å². The Morgan fingerprint density at radius 2 is 2.05 bits per heavy atom. The van der Waals surface area contributed by atoms with Crippen molar-refractivity contribution in [3.8, 4) is 11.4 Å². The molecule has 2 aromatic heterocycles. The van der Waals surface area contributed by atoms with E-state index in [4.69, 9.17) is 4.52 Å². The van der Waals surface area contributed by atoms with Crippen LogP contribution in [0.2, 0.25) is 0 Å². The van der Waals surface area contributed by atoms with Gasteiger partial charge in [0.05, 0.1) is 5.69 Å². The molecule has 0 aliphatic heterocycles. The van der Waals surface area contributed by atoms with Crippen molar-refractivity contribution >= 4 is 11.0 Å². The van der Waals surface area contributed by atoms with E-state index in [1.165, 1.54) is 0 Å². The van der Waals surface area contributed by atoms with Crippen molar-refractivity contribution in [2.24, 2.45) is 0 Å². The van der Waals surface area contributed by atoms with Gasteiger partial charge in [0.25, 0.3) is 0 Å². The van der Waals surface area contributed by atoms with E-state index >= 15 is 0 Å². The molecule has 0 saturated heterocycles. The molecular weight excluding hydrogens is 276 g/mol. The number of hydrogen-bond acceptors (Lipinski definition) is 4. The van der Waals surface area contributed by atoms with E-state index in [1.807, 2.05) is 31.5 Å². The van der Waals surface area contributed by atoms with Gasteiger partial charge in [-0.1, -0.05) is 19.0 Å². The summed E-state index contributed by atoms with van der Waals surface area (Å²) < 4.78 is 7.49. The van der Waals surface area contributed by atoms with Crippen LogP contribution in [-0.2, 0) is 6.54 Å². The minimum atomic E-state index is 0.822. The van der Waals surface area contributed by atoms with Crippen LogP contribution in [0.3, 0.4) is 0 Å². The topological polar surface area (TPSA) is 47.1 Å². The number of imidazole rings is 1. The molecule has 0 spiro atoms. The number of benzene rings is 1. The normalized spacial score (nSPS) is 11.6. The lowest BCUT2D eigenvalue weighted by molar-refractivity contribution is 0.291. The van der Waals surface area contributed by atoms with Crippen molar-refractivity contribution in [2.45, 2.75) is 27.3 Å². The maximum absolute atomic E-state index is 5.28. The summed E-state index contributed by atoms with van der Waals surface area (Å²) in [7, 11) is 0. The maximum Gasteiger partial charge on any atom is 0.167 e. The standard InChI is InChI=1S/C17H22N4O/c1-4-20(5-2)10-11-21-9-8-18-17(21)14-6-7-16-15(12-14)13(3)19-22-16/h6-9,12H,4-5,10-11H2,1-3H3. The highest BCUT2D eigenvalue weighted by Gasteiger charge is 2.10. The first kappa shape index (κ1) is 14.8. The zero-order valence-corrected chi connectivity index (χ0v) is 13.4. The molecule has 5 nitrogen and oxygen atoms in total. The number of fused-ring (bicyclic) bond motifs is 1. The summed E-state index contributed by atoms with van der Waals surface area (Å²) in [6.07, 6.45) is 3.91. The SMILES string of the molecule is CCN(CC)CCn1ccnc1-c1ccc2onc(C)c2c1. The molecular formula is C17H22N4O. The zero-order chi connectivity index (χ0) is 15.5. The van der Waals surface area contributed by atoms with Crippen molar-refractivity contribution in [1.82, 2.24) is 19.6 Å². The van der Waals surface area contributed by atoms with Gasteiger partial charge >= 0.3 is 0 Å². The third-order valence-electron chi connectivity index (χ3n) is 4.18. The lowest BCUT2D eigenvalue weighted by atomic mass is 10.1. The molecule has 0 bridgehead atoms. The van der Waals surface area contributed by atoms with Gasteiger partial charge in [-0.2, -0.15) is 0 Å². The monoisotopic (exact) mass is 298 g/mol. The summed E-state index contributed by atoms with van der Waals surface area (Å²) in [5, 5.41) is 5.07. The number of hydrogen-bond donors (Lipinski definition) is 0. The molecule has 0 fully saturated rings. The molecule has 0 unspecified atom stereocenters. The molecule has 0 radical (unpaired) electrons. The number of aromatic nitrogens is 3. The Morgan fingerprint density at radius 1 is 1.23 bits per heavy atom. The Morgan fingerprint density at radius 3 is 2.82 bits per heavy atom. The molecule has 22 heavy (non-hydrogen) atoms. The molecule has 0 saturated carbocycles. The van der Waals surface area contributed by atoms with Crippen molar-refractivity contribution in [3.63, 3.8) is 0 Å². The van der Waals surface area contributed by atoms with Crippen LogP contribution in [0.1, 0.15) is 19.5 Å². The van der Waals surface area contributed by atoms with Gasteiger partial charge in [0.1, 0.15) is 5.82 Å². The molecule has 116 valence electrons. The van der Waals surface area contributed by atoms with Gasteiger partial charge in [0.2, 0.25) is 0 Å². The molecule has 0 aliphatic rings. The highest BCUT2D eigenvalue weighted by Crippen LogP contribution is 2.25. The highest BCUT2D eigenvalue weighted by molar-refractivity contribution is 5.83. The van der Waals surface area contributed by atoms with Gasteiger partial charge in [0.15, 0.2) is 5.58 Å². The molecule has 0 aliphatic carbocycles. The molecule has 1 aromatic carbocycles. The first-order valence-corrected chi connectivity index (χ1v) is 7.82. The average molecular weight is 298 g/mol. The van der Waals surface area contributed by atoms with E-state index in [1.54, 1.807) is 0 Å². The molecule has 5 heteroatoms. The Bertz CT molecular complexity index is 755. The summed E-state index contributed by atoms with van der Waals surface area (Å²) >= 11 is 0. The van der Waals surface area contributed by atoms with Crippen LogP contribution < -0.4 is 0 Å².